The van der Waals surface area contributed by atoms with Crippen molar-refractivity contribution < 1.29 is 18.7 Å². The molecule has 1 aromatic rings. The van der Waals surface area contributed by atoms with Crippen LogP contribution < -0.4 is 4.90 Å². The Bertz CT molecular complexity index is 536. The van der Waals surface area contributed by atoms with Gasteiger partial charge in [0.15, 0.2) is 0 Å². The van der Waals surface area contributed by atoms with Gasteiger partial charge in [-0.25, -0.2) is 13.6 Å². The lowest BCUT2D eigenvalue weighted by atomic mass is 9.78. The SMILES string of the molecule is O=C(O)c1cc(F)c(N2CCC[C@H]3CCCC[C@H]32)c(F)c1. The van der Waals surface area contributed by atoms with Crippen molar-refractivity contribution in [1.82, 2.24) is 0 Å². The van der Waals surface area contributed by atoms with E-state index in [2.05, 4.69) is 0 Å². The third-order valence-electron chi connectivity index (χ3n) is 4.79. The Morgan fingerprint density at radius 1 is 1.10 bits per heavy atom. The van der Waals surface area contributed by atoms with E-state index in [1.165, 1.54) is 6.42 Å². The number of piperidine rings is 1. The molecule has 2 atom stereocenters. The first-order valence-electron chi connectivity index (χ1n) is 7.57. The van der Waals surface area contributed by atoms with Gasteiger partial charge in [0, 0.05) is 12.6 Å². The van der Waals surface area contributed by atoms with Crippen LogP contribution in [0, 0.1) is 17.6 Å². The molecule has 2 aliphatic rings. The monoisotopic (exact) mass is 295 g/mol. The highest BCUT2D eigenvalue weighted by atomic mass is 19.1. The lowest BCUT2D eigenvalue weighted by Gasteiger charge is -2.45. The molecule has 0 aromatic heterocycles. The summed E-state index contributed by atoms with van der Waals surface area (Å²) in [6.07, 6.45) is 6.42. The highest BCUT2D eigenvalue weighted by Gasteiger charge is 2.35. The highest BCUT2D eigenvalue weighted by Crippen LogP contribution is 2.39. The van der Waals surface area contributed by atoms with Gasteiger partial charge in [0.25, 0.3) is 0 Å². The fraction of sp³-hybridized carbons (Fsp3) is 0.562. The van der Waals surface area contributed by atoms with Gasteiger partial charge < -0.3 is 10.0 Å². The van der Waals surface area contributed by atoms with E-state index in [-0.39, 0.29) is 17.3 Å². The zero-order valence-electron chi connectivity index (χ0n) is 11.8. The maximum Gasteiger partial charge on any atom is 0.335 e. The molecule has 1 heterocycles. The van der Waals surface area contributed by atoms with Gasteiger partial charge in [0.1, 0.15) is 17.3 Å². The number of rotatable bonds is 2. The topological polar surface area (TPSA) is 40.5 Å². The second kappa shape index (κ2) is 5.62. The van der Waals surface area contributed by atoms with Crippen LogP contribution in [0.3, 0.4) is 0 Å². The number of aromatic carboxylic acids is 1. The second-order valence-electron chi connectivity index (χ2n) is 6.04. The first-order valence-corrected chi connectivity index (χ1v) is 7.57. The molecular formula is C16H19F2NO2. The van der Waals surface area contributed by atoms with E-state index in [0.29, 0.717) is 12.5 Å². The smallest absolute Gasteiger partial charge is 0.335 e. The zero-order valence-corrected chi connectivity index (χ0v) is 11.8. The highest BCUT2D eigenvalue weighted by molar-refractivity contribution is 5.88. The molecule has 0 spiro atoms. The fourth-order valence-electron chi connectivity index (χ4n) is 3.87. The maximum atomic E-state index is 14.3. The van der Waals surface area contributed by atoms with Gasteiger partial charge in [-0.2, -0.15) is 0 Å². The second-order valence-corrected chi connectivity index (χ2v) is 6.04. The number of carboxylic acids is 1. The van der Waals surface area contributed by atoms with Crippen LogP contribution in [-0.4, -0.2) is 23.7 Å². The molecule has 3 nitrogen and oxygen atoms in total. The number of anilines is 1. The van der Waals surface area contributed by atoms with E-state index in [9.17, 15) is 13.6 Å². The molecule has 1 aliphatic heterocycles. The molecule has 0 unspecified atom stereocenters. The molecule has 1 aromatic carbocycles. The van der Waals surface area contributed by atoms with E-state index >= 15 is 0 Å². The molecule has 5 heteroatoms. The first kappa shape index (κ1) is 14.3. The number of halogens is 2. The van der Waals surface area contributed by atoms with Gasteiger partial charge in [-0.1, -0.05) is 12.8 Å². The van der Waals surface area contributed by atoms with Crippen LogP contribution in [0.2, 0.25) is 0 Å². The predicted octanol–water partition coefficient (Wildman–Crippen LogP) is 3.82. The third-order valence-corrected chi connectivity index (χ3v) is 4.79. The Hall–Kier alpha value is -1.65. The van der Waals surface area contributed by atoms with Gasteiger partial charge >= 0.3 is 5.97 Å². The number of fused-ring (bicyclic) bond motifs is 1. The summed E-state index contributed by atoms with van der Waals surface area (Å²) in [4.78, 5) is 12.7. The molecule has 0 radical (unpaired) electrons. The zero-order chi connectivity index (χ0) is 15.0. The Kier molecular flexibility index (Phi) is 3.83. The number of hydrogen-bond acceptors (Lipinski definition) is 2. The average molecular weight is 295 g/mol. The van der Waals surface area contributed by atoms with Crippen molar-refractivity contribution in [2.75, 3.05) is 11.4 Å². The first-order chi connectivity index (χ1) is 10.1. The summed E-state index contributed by atoms with van der Waals surface area (Å²) < 4.78 is 28.5. The fourth-order valence-corrected chi connectivity index (χ4v) is 3.87. The number of nitrogens with zero attached hydrogens (tertiary/aromatic N) is 1. The molecule has 2 fully saturated rings. The van der Waals surface area contributed by atoms with E-state index in [4.69, 9.17) is 5.11 Å². The summed E-state index contributed by atoms with van der Waals surface area (Å²) in [5.41, 5.74) is -0.387. The van der Waals surface area contributed by atoms with Crippen LogP contribution in [0.1, 0.15) is 48.9 Å². The van der Waals surface area contributed by atoms with Crippen molar-refractivity contribution in [1.29, 1.82) is 0 Å². The summed E-state index contributed by atoms with van der Waals surface area (Å²) in [5, 5.41) is 8.88. The largest absolute Gasteiger partial charge is 0.478 e. The average Bonchev–Trinajstić information content (AvgIpc) is 2.46. The quantitative estimate of drug-likeness (QED) is 0.901. The Balaban J connectivity index is 1.97. The van der Waals surface area contributed by atoms with Crippen molar-refractivity contribution in [3.63, 3.8) is 0 Å². The van der Waals surface area contributed by atoms with E-state index in [0.717, 1.165) is 44.2 Å². The summed E-state index contributed by atoms with van der Waals surface area (Å²) in [5.74, 6) is -2.34. The predicted molar refractivity (Wildman–Crippen MR) is 75.6 cm³/mol. The summed E-state index contributed by atoms with van der Waals surface area (Å²) in [6, 6.07) is 2.03. The number of benzene rings is 1. The van der Waals surface area contributed by atoms with Crippen molar-refractivity contribution >= 4 is 11.7 Å². The third kappa shape index (κ3) is 2.61. The van der Waals surface area contributed by atoms with E-state index in [1.54, 1.807) is 0 Å². The van der Waals surface area contributed by atoms with Gasteiger partial charge in [-0.3, -0.25) is 0 Å². The Morgan fingerprint density at radius 3 is 2.38 bits per heavy atom. The van der Waals surface area contributed by atoms with Gasteiger partial charge in [0.05, 0.1) is 5.56 Å². The van der Waals surface area contributed by atoms with Gasteiger partial charge in [0.2, 0.25) is 0 Å². The summed E-state index contributed by atoms with van der Waals surface area (Å²) in [6.45, 7) is 0.640. The molecule has 1 aliphatic carbocycles. The Morgan fingerprint density at radius 2 is 1.71 bits per heavy atom. The molecule has 3 rings (SSSR count). The summed E-state index contributed by atoms with van der Waals surface area (Å²) in [7, 11) is 0. The number of hydrogen-bond donors (Lipinski definition) is 1. The number of carbonyl (C=O) groups is 1. The minimum absolute atomic E-state index is 0.0448. The molecule has 1 saturated carbocycles. The summed E-state index contributed by atoms with van der Waals surface area (Å²) >= 11 is 0. The molecule has 0 amide bonds. The lowest BCUT2D eigenvalue weighted by Crippen LogP contribution is -2.47. The normalized spacial score (nSPS) is 25.5. The van der Waals surface area contributed by atoms with Crippen molar-refractivity contribution in [2.45, 2.75) is 44.6 Å². The molecule has 114 valence electrons. The van der Waals surface area contributed by atoms with Gasteiger partial charge in [-0.15, -0.1) is 0 Å². The van der Waals surface area contributed by atoms with E-state index in [1.807, 2.05) is 4.90 Å². The van der Waals surface area contributed by atoms with Gasteiger partial charge in [-0.05, 0) is 43.7 Å². The minimum atomic E-state index is -1.31. The molecule has 0 bridgehead atoms. The minimum Gasteiger partial charge on any atom is -0.478 e. The van der Waals surface area contributed by atoms with Crippen LogP contribution >= 0.6 is 0 Å². The van der Waals surface area contributed by atoms with Crippen LogP contribution in [0.25, 0.3) is 0 Å². The maximum absolute atomic E-state index is 14.3. The van der Waals surface area contributed by atoms with Crippen LogP contribution in [0.5, 0.6) is 0 Å². The van der Waals surface area contributed by atoms with Crippen molar-refractivity contribution in [3.05, 3.63) is 29.3 Å². The van der Waals surface area contributed by atoms with Crippen molar-refractivity contribution in [2.24, 2.45) is 5.92 Å². The van der Waals surface area contributed by atoms with Crippen LogP contribution in [-0.2, 0) is 0 Å². The number of carboxylic acid groups (broad SMARTS) is 1. The van der Waals surface area contributed by atoms with Crippen LogP contribution in [0.4, 0.5) is 14.5 Å². The van der Waals surface area contributed by atoms with E-state index < -0.39 is 17.6 Å². The lowest BCUT2D eigenvalue weighted by molar-refractivity contribution is 0.0695. The van der Waals surface area contributed by atoms with Crippen LogP contribution in [0.15, 0.2) is 12.1 Å². The molecule has 21 heavy (non-hydrogen) atoms. The molecule has 1 N–H and O–H groups in total. The molecule has 1 saturated heterocycles. The van der Waals surface area contributed by atoms with Crippen molar-refractivity contribution in [3.8, 4) is 0 Å². The molecular weight excluding hydrogens is 276 g/mol. The standard InChI is InChI=1S/C16H19F2NO2/c17-12-8-11(16(20)21)9-13(18)15(12)19-7-3-5-10-4-1-2-6-14(10)19/h8-10,14H,1-7H2,(H,20,21)/t10-,14-/m1/s1. The Labute approximate surface area is 122 Å².